The molecule has 0 saturated carbocycles. The number of hydrogen-bond donors (Lipinski definition) is 0. The van der Waals surface area contributed by atoms with Gasteiger partial charge in [-0.25, -0.2) is 0 Å². The highest BCUT2D eigenvalue weighted by Crippen LogP contribution is 2.26. The molecule has 0 amide bonds. The first-order valence-corrected chi connectivity index (χ1v) is 6.21. The standard InChI is InChI=1S/C12H22O7/c1-11(7-16-9(13-3)18-11)5-15-6-12(2)8-17-10(14-4)19-12/h9-10H,5-8H2,1-4H3. The Bertz CT molecular complexity index is 272. The molecule has 0 N–H and O–H groups in total. The average molecular weight is 278 g/mol. The van der Waals surface area contributed by atoms with Crippen LogP contribution in [0.5, 0.6) is 0 Å². The quantitative estimate of drug-likeness (QED) is 0.700. The van der Waals surface area contributed by atoms with Gasteiger partial charge in [0.1, 0.15) is 11.2 Å². The lowest BCUT2D eigenvalue weighted by atomic mass is 10.1. The van der Waals surface area contributed by atoms with Gasteiger partial charge in [-0.2, -0.15) is 0 Å². The van der Waals surface area contributed by atoms with Crippen molar-refractivity contribution in [3.8, 4) is 0 Å². The molecule has 7 nitrogen and oxygen atoms in total. The first-order chi connectivity index (χ1) is 8.99. The fraction of sp³-hybridized carbons (Fsp3) is 1.00. The first kappa shape index (κ1) is 15.1. The molecule has 0 aromatic heterocycles. The summed E-state index contributed by atoms with van der Waals surface area (Å²) in [5, 5.41) is 0. The maximum absolute atomic E-state index is 5.67. The highest BCUT2D eigenvalue weighted by atomic mass is 16.9. The second kappa shape index (κ2) is 6.01. The van der Waals surface area contributed by atoms with Crippen molar-refractivity contribution in [1.82, 2.24) is 0 Å². The molecule has 0 spiro atoms. The lowest BCUT2D eigenvalue weighted by Gasteiger charge is -2.26. The van der Waals surface area contributed by atoms with Gasteiger partial charge in [0.05, 0.1) is 26.4 Å². The van der Waals surface area contributed by atoms with Gasteiger partial charge in [0.2, 0.25) is 0 Å². The SMILES string of the molecule is COC1OCC(C)(COCC2(C)COC(OC)O2)O1. The van der Waals surface area contributed by atoms with Crippen LogP contribution in [0.4, 0.5) is 0 Å². The summed E-state index contributed by atoms with van der Waals surface area (Å²) < 4.78 is 37.4. The number of ether oxygens (including phenoxy) is 7. The summed E-state index contributed by atoms with van der Waals surface area (Å²) in [4.78, 5) is 0. The van der Waals surface area contributed by atoms with Crippen LogP contribution in [0.25, 0.3) is 0 Å². The largest absolute Gasteiger partial charge is 0.375 e. The summed E-state index contributed by atoms with van der Waals surface area (Å²) in [5.74, 6) is 0. The van der Waals surface area contributed by atoms with E-state index in [1.54, 1.807) is 0 Å². The lowest BCUT2D eigenvalue weighted by Crippen LogP contribution is -2.39. The summed E-state index contributed by atoms with van der Waals surface area (Å²) in [6.07, 6.45) is 0. The van der Waals surface area contributed by atoms with Crippen LogP contribution in [0.1, 0.15) is 13.8 Å². The Morgan fingerprint density at radius 1 is 0.895 bits per heavy atom. The third kappa shape index (κ3) is 3.85. The normalized spacial score (nSPS) is 42.9. The van der Waals surface area contributed by atoms with E-state index in [-0.39, 0.29) is 0 Å². The summed E-state index contributed by atoms with van der Waals surface area (Å²) in [7, 11) is 3.07. The van der Waals surface area contributed by atoms with Crippen molar-refractivity contribution in [2.24, 2.45) is 0 Å². The van der Waals surface area contributed by atoms with Gasteiger partial charge in [0.15, 0.2) is 0 Å². The van der Waals surface area contributed by atoms with Crippen molar-refractivity contribution >= 4 is 0 Å². The maximum Gasteiger partial charge on any atom is 0.272 e. The van der Waals surface area contributed by atoms with Gasteiger partial charge in [-0.1, -0.05) is 0 Å². The Kier molecular flexibility index (Phi) is 4.78. The van der Waals surface area contributed by atoms with Crippen molar-refractivity contribution in [1.29, 1.82) is 0 Å². The maximum atomic E-state index is 5.67. The zero-order chi connectivity index (χ0) is 13.9. The van der Waals surface area contributed by atoms with Gasteiger partial charge in [-0.05, 0) is 13.8 Å². The monoisotopic (exact) mass is 278 g/mol. The molecule has 112 valence electrons. The lowest BCUT2D eigenvalue weighted by molar-refractivity contribution is -0.247. The molecule has 0 aliphatic carbocycles. The Balaban J connectivity index is 1.72. The molecule has 2 heterocycles. The van der Waals surface area contributed by atoms with Crippen molar-refractivity contribution < 1.29 is 33.2 Å². The summed E-state index contributed by atoms with van der Waals surface area (Å²) in [6.45, 7) is 4.24. The second-order valence-corrected chi connectivity index (χ2v) is 5.30. The molecule has 2 aliphatic heterocycles. The average Bonchev–Trinajstić information content (AvgIpc) is 2.94. The van der Waals surface area contributed by atoms with Crippen LogP contribution >= 0.6 is 0 Å². The fourth-order valence-electron chi connectivity index (χ4n) is 1.96. The third-order valence-corrected chi connectivity index (χ3v) is 3.01. The summed E-state index contributed by atoms with van der Waals surface area (Å²) in [6, 6.07) is 0. The fourth-order valence-corrected chi connectivity index (χ4v) is 1.96. The number of rotatable bonds is 6. The van der Waals surface area contributed by atoms with E-state index in [1.807, 2.05) is 13.8 Å². The van der Waals surface area contributed by atoms with Crippen molar-refractivity contribution in [2.75, 3.05) is 40.6 Å². The zero-order valence-electron chi connectivity index (χ0n) is 11.8. The first-order valence-electron chi connectivity index (χ1n) is 6.21. The van der Waals surface area contributed by atoms with Crippen LogP contribution < -0.4 is 0 Å². The smallest absolute Gasteiger partial charge is 0.272 e. The molecule has 0 radical (unpaired) electrons. The van der Waals surface area contributed by atoms with Crippen LogP contribution in [-0.4, -0.2) is 64.8 Å². The second-order valence-electron chi connectivity index (χ2n) is 5.30. The Morgan fingerprint density at radius 3 is 1.63 bits per heavy atom. The molecule has 2 saturated heterocycles. The molecular formula is C12H22O7. The molecule has 2 fully saturated rings. The molecule has 2 aliphatic rings. The molecule has 0 bridgehead atoms. The molecule has 4 atom stereocenters. The zero-order valence-corrected chi connectivity index (χ0v) is 11.8. The molecule has 0 aromatic carbocycles. The topological polar surface area (TPSA) is 64.6 Å². The molecular weight excluding hydrogens is 256 g/mol. The van der Waals surface area contributed by atoms with Gasteiger partial charge >= 0.3 is 0 Å². The molecule has 7 heteroatoms. The Hall–Kier alpha value is -0.280. The van der Waals surface area contributed by atoms with Gasteiger partial charge in [-0.15, -0.1) is 0 Å². The minimum absolute atomic E-state index is 0.392. The predicted octanol–water partition coefficient (Wildman–Crippen LogP) is 0.474. The Morgan fingerprint density at radius 2 is 1.32 bits per heavy atom. The van der Waals surface area contributed by atoms with Crippen LogP contribution in [0.15, 0.2) is 0 Å². The van der Waals surface area contributed by atoms with E-state index >= 15 is 0 Å². The van der Waals surface area contributed by atoms with Crippen LogP contribution in [0, 0.1) is 0 Å². The van der Waals surface area contributed by atoms with Gasteiger partial charge in [0, 0.05) is 14.2 Å². The van der Waals surface area contributed by atoms with Gasteiger partial charge in [-0.3, -0.25) is 0 Å². The highest BCUT2D eigenvalue weighted by molar-refractivity contribution is 4.81. The van der Waals surface area contributed by atoms with Crippen molar-refractivity contribution in [2.45, 2.75) is 38.0 Å². The molecule has 2 rings (SSSR count). The third-order valence-electron chi connectivity index (χ3n) is 3.01. The van der Waals surface area contributed by atoms with E-state index in [9.17, 15) is 0 Å². The van der Waals surface area contributed by atoms with Crippen LogP contribution in [-0.2, 0) is 33.2 Å². The van der Waals surface area contributed by atoms with E-state index in [2.05, 4.69) is 0 Å². The summed E-state index contributed by atoms with van der Waals surface area (Å²) in [5.41, 5.74) is -1.01. The molecule has 4 unspecified atom stereocenters. The van der Waals surface area contributed by atoms with E-state index in [0.29, 0.717) is 26.4 Å². The number of hydrogen-bond acceptors (Lipinski definition) is 7. The van der Waals surface area contributed by atoms with Gasteiger partial charge in [0.25, 0.3) is 13.0 Å². The van der Waals surface area contributed by atoms with Crippen molar-refractivity contribution in [3.63, 3.8) is 0 Å². The van der Waals surface area contributed by atoms with E-state index in [4.69, 9.17) is 33.2 Å². The van der Waals surface area contributed by atoms with Crippen molar-refractivity contribution in [3.05, 3.63) is 0 Å². The van der Waals surface area contributed by atoms with E-state index in [0.717, 1.165) is 0 Å². The van der Waals surface area contributed by atoms with E-state index < -0.39 is 24.2 Å². The van der Waals surface area contributed by atoms with E-state index in [1.165, 1.54) is 14.2 Å². The van der Waals surface area contributed by atoms with Crippen LogP contribution in [0.3, 0.4) is 0 Å². The minimum Gasteiger partial charge on any atom is -0.375 e. The predicted molar refractivity (Wildman–Crippen MR) is 63.3 cm³/mol. The van der Waals surface area contributed by atoms with Crippen LogP contribution in [0.2, 0.25) is 0 Å². The Labute approximate surface area is 113 Å². The highest BCUT2D eigenvalue weighted by Gasteiger charge is 2.41. The molecule has 19 heavy (non-hydrogen) atoms. The number of methoxy groups -OCH3 is 2. The molecule has 0 aromatic rings. The minimum atomic E-state index is -0.617. The summed E-state index contributed by atoms with van der Waals surface area (Å²) >= 11 is 0. The van der Waals surface area contributed by atoms with Gasteiger partial charge < -0.3 is 33.2 Å².